The number of carbonyl (C=O) groups is 1. The first kappa shape index (κ1) is 18.5. The van der Waals surface area contributed by atoms with Gasteiger partial charge in [-0.25, -0.2) is 4.68 Å². The fourth-order valence-electron chi connectivity index (χ4n) is 3.28. The minimum absolute atomic E-state index is 0.0228. The van der Waals surface area contributed by atoms with Crippen molar-refractivity contribution in [3.05, 3.63) is 57.5 Å². The third-order valence-electron chi connectivity index (χ3n) is 4.64. The zero-order valence-corrected chi connectivity index (χ0v) is 15.6. The van der Waals surface area contributed by atoms with Crippen molar-refractivity contribution in [3.8, 4) is 0 Å². The highest BCUT2D eigenvalue weighted by atomic mass is 35.5. The van der Waals surface area contributed by atoms with Crippen molar-refractivity contribution in [1.82, 2.24) is 15.1 Å². The zero-order chi connectivity index (χ0) is 18.5. The predicted molar refractivity (Wildman–Crippen MR) is 103 cm³/mol. The average Bonchev–Trinajstić information content (AvgIpc) is 2.65. The summed E-state index contributed by atoms with van der Waals surface area (Å²) in [6.07, 6.45) is 3.72. The second-order valence-electron chi connectivity index (χ2n) is 6.68. The van der Waals surface area contributed by atoms with E-state index in [1.807, 2.05) is 30.3 Å². The van der Waals surface area contributed by atoms with E-state index in [1.54, 1.807) is 6.20 Å². The molecule has 1 atom stereocenters. The molecule has 1 amide bonds. The van der Waals surface area contributed by atoms with E-state index in [1.165, 1.54) is 11.6 Å². The Kier molecular flexibility index (Phi) is 5.93. The van der Waals surface area contributed by atoms with Gasteiger partial charge >= 0.3 is 0 Å². The normalized spacial score (nSPS) is 17.2. The number of nitrogens with zero attached hydrogens (tertiary/aromatic N) is 3. The topological polar surface area (TPSA) is 67.2 Å². The number of benzene rings is 1. The van der Waals surface area contributed by atoms with Crippen LogP contribution < -0.4 is 15.8 Å². The van der Waals surface area contributed by atoms with Gasteiger partial charge in [-0.2, -0.15) is 5.10 Å². The van der Waals surface area contributed by atoms with E-state index in [4.69, 9.17) is 11.6 Å². The van der Waals surface area contributed by atoms with E-state index in [-0.39, 0.29) is 16.5 Å². The van der Waals surface area contributed by atoms with Crippen LogP contribution in [0, 0.1) is 5.92 Å². The van der Waals surface area contributed by atoms with Crippen LogP contribution in [-0.2, 0) is 11.3 Å². The fourth-order valence-corrected chi connectivity index (χ4v) is 3.55. The first-order valence-corrected chi connectivity index (χ1v) is 9.21. The Morgan fingerprint density at radius 2 is 2.12 bits per heavy atom. The Balaban J connectivity index is 1.75. The molecule has 0 aliphatic carbocycles. The van der Waals surface area contributed by atoms with Gasteiger partial charge in [-0.05, 0) is 24.3 Å². The maximum atomic E-state index is 12.6. The third kappa shape index (κ3) is 4.43. The Morgan fingerprint density at radius 3 is 2.85 bits per heavy atom. The van der Waals surface area contributed by atoms with Crippen molar-refractivity contribution in [1.29, 1.82) is 0 Å². The molecule has 0 radical (unpaired) electrons. The first-order valence-electron chi connectivity index (χ1n) is 8.83. The summed E-state index contributed by atoms with van der Waals surface area (Å²) in [7, 11) is 0. The van der Waals surface area contributed by atoms with Crippen molar-refractivity contribution >= 4 is 23.2 Å². The van der Waals surface area contributed by atoms with Crippen LogP contribution in [0.15, 0.2) is 41.3 Å². The van der Waals surface area contributed by atoms with Crippen molar-refractivity contribution in [2.45, 2.75) is 26.3 Å². The number of carbonyl (C=O) groups excluding carboxylic acids is 1. The monoisotopic (exact) mass is 374 g/mol. The molecule has 1 aromatic heterocycles. The molecule has 26 heavy (non-hydrogen) atoms. The van der Waals surface area contributed by atoms with Crippen LogP contribution in [0.3, 0.4) is 0 Å². The summed E-state index contributed by atoms with van der Waals surface area (Å²) in [5.74, 6) is 0.320. The molecule has 2 aromatic rings. The molecule has 3 rings (SSSR count). The highest BCUT2D eigenvalue weighted by Gasteiger charge is 2.23. The summed E-state index contributed by atoms with van der Waals surface area (Å²) >= 11 is 6.39. The molecule has 2 heterocycles. The lowest BCUT2D eigenvalue weighted by atomic mass is 9.97. The smallest absolute Gasteiger partial charge is 0.287 e. The lowest BCUT2D eigenvalue weighted by Gasteiger charge is -2.34. The van der Waals surface area contributed by atoms with Crippen LogP contribution in [0.2, 0.25) is 5.02 Å². The SMILES string of the molecule is CC(=O)NCC1CCCN(c2cnn(Cc3ccccc3)c(=O)c2Cl)C1. The minimum Gasteiger partial charge on any atom is -0.369 e. The Morgan fingerprint density at radius 1 is 1.35 bits per heavy atom. The van der Waals surface area contributed by atoms with E-state index in [2.05, 4.69) is 15.3 Å². The molecule has 1 N–H and O–H groups in total. The van der Waals surface area contributed by atoms with Crippen molar-refractivity contribution < 1.29 is 4.79 Å². The second-order valence-corrected chi connectivity index (χ2v) is 7.06. The number of anilines is 1. The van der Waals surface area contributed by atoms with E-state index < -0.39 is 0 Å². The van der Waals surface area contributed by atoms with Crippen LogP contribution in [-0.4, -0.2) is 35.3 Å². The maximum Gasteiger partial charge on any atom is 0.287 e. The molecule has 0 bridgehead atoms. The van der Waals surface area contributed by atoms with E-state index >= 15 is 0 Å². The first-order chi connectivity index (χ1) is 12.5. The number of halogens is 1. The zero-order valence-electron chi connectivity index (χ0n) is 14.8. The van der Waals surface area contributed by atoms with Gasteiger partial charge in [0.1, 0.15) is 5.02 Å². The maximum absolute atomic E-state index is 12.6. The average molecular weight is 375 g/mol. The van der Waals surface area contributed by atoms with Gasteiger partial charge in [-0.1, -0.05) is 41.9 Å². The molecular formula is C19H23ClN4O2. The molecule has 7 heteroatoms. The highest BCUT2D eigenvalue weighted by molar-refractivity contribution is 6.33. The Bertz CT molecular complexity index is 822. The number of piperidine rings is 1. The van der Waals surface area contributed by atoms with Gasteiger partial charge in [0.15, 0.2) is 0 Å². The summed E-state index contributed by atoms with van der Waals surface area (Å²) < 4.78 is 1.39. The summed E-state index contributed by atoms with van der Waals surface area (Å²) in [4.78, 5) is 25.8. The molecule has 138 valence electrons. The lowest BCUT2D eigenvalue weighted by molar-refractivity contribution is -0.119. The molecule has 1 saturated heterocycles. The van der Waals surface area contributed by atoms with E-state index in [0.717, 1.165) is 31.5 Å². The molecule has 6 nitrogen and oxygen atoms in total. The summed E-state index contributed by atoms with van der Waals surface area (Å²) in [6, 6.07) is 9.70. The standard InChI is InChI=1S/C19H23ClN4O2/c1-14(25)21-10-16-8-5-9-23(12-16)17-11-22-24(19(26)18(17)20)13-15-6-3-2-4-7-15/h2-4,6-7,11,16H,5,8-10,12-13H2,1H3,(H,21,25). The molecular weight excluding hydrogens is 352 g/mol. The van der Waals surface area contributed by atoms with Crippen LogP contribution in [0.25, 0.3) is 0 Å². The lowest BCUT2D eigenvalue weighted by Crippen LogP contribution is -2.41. The fraction of sp³-hybridized carbons (Fsp3) is 0.421. The highest BCUT2D eigenvalue weighted by Crippen LogP contribution is 2.26. The molecule has 1 fully saturated rings. The van der Waals surface area contributed by atoms with E-state index in [0.29, 0.717) is 24.7 Å². The summed E-state index contributed by atoms with van der Waals surface area (Å²) in [5, 5.41) is 7.39. The second kappa shape index (κ2) is 8.36. The number of aromatic nitrogens is 2. The van der Waals surface area contributed by atoms with Crippen molar-refractivity contribution in [3.63, 3.8) is 0 Å². The largest absolute Gasteiger partial charge is 0.369 e. The quantitative estimate of drug-likeness (QED) is 0.872. The van der Waals surface area contributed by atoms with Gasteiger partial charge in [0.2, 0.25) is 5.91 Å². The summed E-state index contributed by atoms with van der Waals surface area (Å²) in [6.45, 7) is 4.14. The Hall–Kier alpha value is -2.34. The molecule has 0 saturated carbocycles. The van der Waals surface area contributed by atoms with Crippen molar-refractivity contribution in [2.75, 3.05) is 24.5 Å². The number of nitrogens with one attached hydrogen (secondary N) is 1. The third-order valence-corrected chi connectivity index (χ3v) is 5.00. The van der Waals surface area contributed by atoms with Gasteiger partial charge in [-0.3, -0.25) is 9.59 Å². The van der Waals surface area contributed by atoms with Crippen molar-refractivity contribution in [2.24, 2.45) is 5.92 Å². The molecule has 1 aliphatic heterocycles. The minimum atomic E-state index is -0.281. The predicted octanol–water partition coefficient (Wildman–Crippen LogP) is 2.30. The molecule has 0 spiro atoms. The Labute approximate surface area is 157 Å². The summed E-state index contributed by atoms with van der Waals surface area (Å²) in [5.41, 5.74) is 1.39. The number of amides is 1. The number of hydrogen-bond acceptors (Lipinski definition) is 4. The van der Waals surface area contributed by atoms with E-state index in [9.17, 15) is 9.59 Å². The number of rotatable bonds is 5. The van der Waals surface area contributed by atoms with Gasteiger partial charge in [0.25, 0.3) is 5.56 Å². The van der Waals surface area contributed by atoms with Crippen LogP contribution >= 0.6 is 11.6 Å². The molecule has 1 aliphatic rings. The number of hydrogen-bond donors (Lipinski definition) is 1. The van der Waals surface area contributed by atoms with Gasteiger partial charge in [-0.15, -0.1) is 0 Å². The van der Waals surface area contributed by atoms with Gasteiger partial charge in [0.05, 0.1) is 18.4 Å². The molecule has 1 aromatic carbocycles. The van der Waals surface area contributed by atoms with Gasteiger partial charge < -0.3 is 10.2 Å². The van der Waals surface area contributed by atoms with Gasteiger partial charge in [0, 0.05) is 26.6 Å². The van der Waals surface area contributed by atoms with Crippen LogP contribution in [0.1, 0.15) is 25.3 Å². The molecule has 1 unspecified atom stereocenters. The van der Waals surface area contributed by atoms with Crippen LogP contribution in [0.5, 0.6) is 0 Å². The van der Waals surface area contributed by atoms with Crippen LogP contribution in [0.4, 0.5) is 5.69 Å².